The summed E-state index contributed by atoms with van der Waals surface area (Å²) in [4.78, 5) is 2.70. The number of anilines is 1. The molecule has 2 atom stereocenters. The van der Waals surface area contributed by atoms with Crippen LogP contribution < -0.4 is 10.2 Å². The molecular formula is C16H24N2. The number of aryl methyl sites for hydroxylation is 1. The third-order valence-electron chi connectivity index (χ3n) is 4.66. The van der Waals surface area contributed by atoms with E-state index in [2.05, 4.69) is 48.5 Å². The Balaban J connectivity index is 1.77. The zero-order valence-corrected chi connectivity index (χ0v) is 11.5. The maximum atomic E-state index is 3.35. The Labute approximate surface area is 110 Å². The lowest BCUT2D eigenvalue weighted by Gasteiger charge is -2.40. The fraction of sp³-hybridized carbons (Fsp3) is 0.625. The number of fused-ring (bicyclic) bond motifs is 2. The van der Waals surface area contributed by atoms with Crippen LogP contribution in [0.25, 0.3) is 0 Å². The highest BCUT2D eigenvalue weighted by Gasteiger charge is 2.40. The maximum Gasteiger partial charge on any atom is 0.0371 e. The van der Waals surface area contributed by atoms with Gasteiger partial charge in [-0.2, -0.15) is 0 Å². The predicted octanol–water partition coefficient (Wildman–Crippen LogP) is 2.96. The first kappa shape index (κ1) is 12.0. The molecule has 18 heavy (non-hydrogen) atoms. The number of piperidine rings is 1. The molecule has 2 fully saturated rings. The van der Waals surface area contributed by atoms with E-state index in [0.717, 1.165) is 18.0 Å². The van der Waals surface area contributed by atoms with E-state index >= 15 is 0 Å². The van der Waals surface area contributed by atoms with Crippen molar-refractivity contribution >= 4 is 5.69 Å². The Kier molecular flexibility index (Phi) is 3.29. The van der Waals surface area contributed by atoms with Crippen molar-refractivity contribution in [2.24, 2.45) is 5.92 Å². The Morgan fingerprint density at radius 3 is 2.28 bits per heavy atom. The van der Waals surface area contributed by atoms with E-state index in [1.54, 1.807) is 0 Å². The monoisotopic (exact) mass is 244 g/mol. The molecule has 0 amide bonds. The highest BCUT2D eigenvalue weighted by molar-refractivity contribution is 5.51. The second-order valence-corrected chi connectivity index (χ2v) is 6.02. The Hall–Kier alpha value is -1.02. The van der Waals surface area contributed by atoms with Gasteiger partial charge in [0.2, 0.25) is 0 Å². The van der Waals surface area contributed by atoms with E-state index in [1.165, 1.54) is 43.5 Å². The van der Waals surface area contributed by atoms with Gasteiger partial charge in [0, 0.05) is 17.8 Å². The summed E-state index contributed by atoms with van der Waals surface area (Å²) < 4.78 is 0. The van der Waals surface area contributed by atoms with Gasteiger partial charge < -0.3 is 10.2 Å². The van der Waals surface area contributed by atoms with Crippen molar-refractivity contribution in [2.45, 2.75) is 44.7 Å². The van der Waals surface area contributed by atoms with Crippen LogP contribution in [0.15, 0.2) is 24.3 Å². The summed E-state index contributed by atoms with van der Waals surface area (Å²) in [6, 6.07) is 10.7. The van der Waals surface area contributed by atoms with Crippen molar-refractivity contribution in [1.82, 2.24) is 5.32 Å². The Bertz CT molecular complexity index is 384. The molecule has 1 N–H and O–H groups in total. The molecule has 0 radical (unpaired) electrons. The van der Waals surface area contributed by atoms with Crippen LogP contribution in [-0.2, 0) is 0 Å². The molecule has 0 spiro atoms. The molecule has 98 valence electrons. The van der Waals surface area contributed by atoms with Crippen LogP contribution in [0, 0.1) is 12.8 Å². The number of nitrogens with zero attached hydrogens (tertiary/aromatic N) is 1. The summed E-state index contributed by atoms with van der Waals surface area (Å²) in [6.45, 7) is 3.35. The molecule has 2 heteroatoms. The van der Waals surface area contributed by atoms with Gasteiger partial charge in [-0.25, -0.2) is 0 Å². The van der Waals surface area contributed by atoms with Gasteiger partial charge in [0.25, 0.3) is 0 Å². The van der Waals surface area contributed by atoms with E-state index in [4.69, 9.17) is 0 Å². The maximum absolute atomic E-state index is 3.35. The fourth-order valence-electron chi connectivity index (χ4n) is 3.88. The number of hydrogen-bond acceptors (Lipinski definition) is 2. The van der Waals surface area contributed by atoms with Crippen LogP contribution in [0.2, 0.25) is 0 Å². The molecule has 2 unspecified atom stereocenters. The SMILES string of the molecule is CNCC1CC2CCC(C1)N2c1ccc(C)cc1. The molecule has 2 aliphatic heterocycles. The van der Waals surface area contributed by atoms with Gasteiger partial charge in [0.1, 0.15) is 0 Å². The smallest absolute Gasteiger partial charge is 0.0371 e. The molecule has 2 aliphatic rings. The van der Waals surface area contributed by atoms with E-state index < -0.39 is 0 Å². The van der Waals surface area contributed by atoms with Gasteiger partial charge in [0.15, 0.2) is 0 Å². The molecular weight excluding hydrogens is 220 g/mol. The molecule has 2 bridgehead atoms. The highest BCUT2D eigenvalue weighted by atomic mass is 15.2. The van der Waals surface area contributed by atoms with Crippen LogP contribution in [0.3, 0.4) is 0 Å². The van der Waals surface area contributed by atoms with E-state index in [-0.39, 0.29) is 0 Å². The zero-order chi connectivity index (χ0) is 12.5. The van der Waals surface area contributed by atoms with Crippen molar-refractivity contribution in [3.8, 4) is 0 Å². The van der Waals surface area contributed by atoms with E-state index in [1.807, 2.05) is 0 Å². The molecule has 3 rings (SSSR count). The molecule has 0 aromatic heterocycles. The normalized spacial score (nSPS) is 30.8. The first-order chi connectivity index (χ1) is 8.78. The minimum atomic E-state index is 0.782. The van der Waals surface area contributed by atoms with Gasteiger partial charge in [-0.15, -0.1) is 0 Å². The third kappa shape index (κ3) is 2.14. The highest BCUT2D eigenvalue weighted by Crippen LogP contribution is 2.41. The first-order valence-corrected chi connectivity index (χ1v) is 7.27. The third-order valence-corrected chi connectivity index (χ3v) is 4.66. The van der Waals surface area contributed by atoms with E-state index in [0.29, 0.717) is 0 Å². The second-order valence-electron chi connectivity index (χ2n) is 6.02. The van der Waals surface area contributed by atoms with Crippen molar-refractivity contribution in [1.29, 1.82) is 0 Å². The van der Waals surface area contributed by atoms with Crippen LogP contribution in [0.4, 0.5) is 5.69 Å². The zero-order valence-electron chi connectivity index (χ0n) is 11.5. The lowest BCUT2D eigenvalue weighted by molar-refractivity contribution is 0.333. The molecule has 1 aromatic rings. The summed E-state index contributed by atoms with van der Waals surface area (Å²) in [7, 11) is 2.08. The van der Waals surface area contributed by atoms with Gasteiger partial charge in [-0.1, -0.05) is 17.7 Å². The number of rotatable bonds is 3. The quantitative estimate of drug-likeness (QED) is 0.879. The number of nitrogens with one attached hydrogen (secondary N) is 1. The van der Waals surface area contributed by atoms with Crippen molar-refractivity contribution < 1.29 is 0 Å². The molecule has 2 nitrogen and oxygen atoms in total. The fourth-order valence-corrected chi connectivity index (χ4v) is 3.88. The minimum absolute atomic E-state index is 0.782. The number of benzene rings is 1. The minimum Gasteiger partial charge on any atom is -0.366 e. The predicted molar refractivity (Wildman–Crippen MR) is 77.1 cm³/mol. The topological polar surface area (TPSA) is 15.3 Å². The largest absolute Gasteiger partial charge is 0.366 e. The summed E-state index contributed by atoms with van der Waals surface area (Å²) in [6.07, 6.45) is 5.51. The lowest BCUT2D eigenvalue weighted by Crippen LogP contribution is -2.44. The molecule has 2 saturated heterocycles. The lowest BCUT2D eigenvalue weighted by atomic mass is 9.90. The molecule has 0 aliphatic carbocycles. The van der Waals surface area contributed by atoms with Crippen LogP contribution >= 0.6 is 0 Å². The van der Waals surface area contributed by atoms with Gasteiger partial charge >= 0.3 is 0 Å². The first-order valence-electron chi connectivity index (χ1n) is 7.27. The summed E-state index contributed by atoms with van der Waals surface area (Å²) >= 11 is 0. The van der Waals surface area contributed by atoms with Gasteiger partial charge in [0.05, 0.1) is 0 Å². The van der Waals surface area contributed by atoms with Gasteiger partial charge in [-0.05, 0) is 64.3 Å². The van der Waals surface area contributed by atoms with Crippen LogP contribution in [-0.4, -0.2) is 25.7 Å². The Morgan fingerprint density at radius 1 is 1.11 bits per heavy atom. The summed E-state index contributed by atoms with van der Waals surface area (Å²) in [5, 5.41) is 3.35. The summed E-state index contributed by atoms with van der Waals surface area (Å²) in [5.41, 5.74) is 2.80. The molecule has 1 aromatic carbocycles. The molecule has 0 saturated carbocycles. The summed E-state index contributed by atoms with van der Waals surface area (Å²) in [5.74, 6) is 0.884. The standard InChI is InChI=1S/C16H24N2/c1-12-3-5-14(6-4-12)18-15-7-8-16(18)10-13(9-15)11-17-2/h3-6,13,15-17H,7-11H2,1-2H3. The average Bonchev–Trinajstić information content (AvgIpc) is 2.63. The van der Waals surface area contributed by atoms with Gasteiger partial charge in [-0.3, -0.25) is 0 Å². The van der Waals surface area contributed by atoms with Crippen molar-refractivity contribution in [3.05, 3.63) is 29.8 Å². The average molecular weight is 244 g/mol. The van der Waals surface area contributed by atoms with Crippen LogP contribution in [0.1, 0.15) is 31.2 Å². The second kappa shape index (κ2) is 4.93. The van der Waals surface area contributed by atoms with Crippen molar-refractivity contribution in [3.63, 3.8) is 0 Å². The number of hydrogen-bond donors (Lipinski definition) is 1. The molecule has 2 heterocycles. The Morgan fingerprint density at radius 2 is 1.72 bits per heavy atom. The van der Waals surface area contributed by atoms with E-state index in [9.17, 15) is 0 Å². The van der Waals surface area contributed by atoms with Crippen LogP contribution in [0.5, 0.6) is 0 Å². The van der Waals surface area contributed by atoms with Crippen molar-refractivity contribution in [2.75, 3.05) is 18.5 Å².